The molecule has 0 N–H and O–H groups in total. The molecule has 0 spiro atoms. The number of ether oxygens (including phenoxy) is 1. The lowest BCUT2D eigenvalue weighted by Gasteiger charge is -2.33. The minimum atomic E-state index is 0.159. The molecule has 1 atom stereocenters. The maximum Gasteiger partial charge on any atom is 0.0952 e. The van der Waals surface area contributed by atoms with E-state index < -0.39 is 0 Å². The third kappa shape index (κ3) is 4.07. The fraction of sp³-hybridized carbons (Fsp3) is 0.333. The molecule has 2 aromatic rings. The monoisotopic (exact) mass is 301 g/mol. The van der Waals surface area contributed by atoms with E-state index in [1.165, 1.54) is 11.1 Å². The van der Waals surface area contributed by atoms with E-state index in [-0.39, 0.29) is 6.10 Å². The molecule has 1 heterocycles. The Morgan fingerprint density at radius 2 is 1.81 bits per heavy atom. The molecule has 0 bridgehead atoms. The largest absolute Gasteiger partial charge is 0.371 e. The summed E-state index contributed by atoms with van der Waals surface area (Å²) < 4.78 is 5.90. The second-order valence-electron chi connectivity index (χ2n) is 5.45. The quantitative estimate of drug-likeness (QED) is 0.847. The maximum atomic E-state index is 5.95. The fourth-order valence-electron chi connectivity index (χ4n) is 2.72. The molecule has 21 heavy (non-hydrogen) atoms. The van der Waals surface area contributed by atoms with Gasteiger partial charge in [0.1, 0.15) is 0 Å². The van der Waals surface area contributed by atoms with Gasteiger partial charge in [-0.05, 0) is 29.7 Å². The summed E-state index contributed by atoms with van der Waals surface area (Å²) in [7, 11) is 0. The average molecular weight is 302 g/mol. The van der Waals surface area contributed by atoms with Gasteiger partial charge in [-0.25, -0.2) is 0 Å². The Bertz CT molecular complexity index is 555. The van der Waals surface area contributed by atoms with E-state index in [9.17, 15) is 0 Å². The zero-order valence-electron chi connectivity index (χ0n) is 12.0. The zero-order valence-corrected chi connectivity index (χ0v) is 12.8. The Kier molecular flexibility index (Phi) is 4.91. The molecule has 1 aliphatic heterocycles. The van der Waals surface area contributed by atoms with Crippen LogP contribution in [0.3, 0.4) is 0 Å². The Morgan fingerprint density at radius 3 is 2.57 bits per heavy atom. The number of benzene rings is 2. The molecule has 0 amide bonds. The average Bonchev–Trinajstić information content (AvgIpc) is 2.55. The van der Waals surface area contributed by atoms with E-state index in [2.05, 4.69) is 47.4 Å². The van der Waals surface area contributed by atoms with Crippen molar-refractivity contribution in [1.29, 1.82) is 0 Å². The molecule has 1 unspecified atom stereocenters. The molecule has 3 rings (SSSR count). The van der Waals surface area contributed by atoms with Gasteiger partial charge in [0.25, 0.3) is 0 Å². The lowest BCUT2D eigenvalue weighted by molar-refractivity contribution is -0.0295. The van der Waals surface area contributed by atoms with Crippen LogP contribution < -0.4 is 0 Å². The van der Waals surface area contributed by atoms with E-state index in [0.717, 1.165) is 37.7 Å². The molecule has 0 aromatic heterocycles. The maximum absolute atomic E-state index is 5.95. The van der Waals surface area contributed by atoms with Gasteiger partial charge in [-0.1, -0.05) is 54.1 Å². The van der Waals surface area contributed by atoms with Crippen molar-refractivity contribution in [3.8, 4) is 0 Å². The van der Waals surface area contributed by atoms with Crippen molar-refractivity contribution in [2.75, 3.05) is 26.2 Å². The normalized spacial score (nSPS) is 19.6. The van der Waals surface area contributed by atoms with Gasteiger partial charge in [0.2, 0.25) is 0 Å². The van der Waals surface area contributed by atoms with Crippen molar-refractivity contribution >= 4 is 11.6 Å². The minimum absolute atomic E-state index is 0.159. The van der Waals surface area contributed by atoms with Gasteiger partial charge in [0.15, 0.2) is 0 Å². The fourth-order valence-corrected chi connectivity index (χ4v) is 2.84. The smallest absolute Gasteiger partial charge is 0.0952 e. The van der Waals surface area contributed by atoms with Crippen molar-refractivity contribution in [2.24, 2.45) is 0 Å². The van der Waals surface area contributed by atoms with Crippen molar-refractivity contribution in [2.45, 2.75) is 12.5 Å². The van der Waals surface area contributed by atoms with Gasteiger partial charge in [0.05, 0.1) is 12.7 Å². The van der Waals surface area contributed by atoms with Gasteiger partial charge < -0.3 is 4.74 Å². The van der Waals surface area contributed by atoms with Crippen molar-refractivity contribution in [3.63, 3.8) is 0 Å². The van der Waals surface area contributed by atoms with Crippen molar-refractivity contribution in [3.05, 3.63) is 70.7 Å². The Labute approximate surface area is 131 Å². The summed E-state index contributed by atoms with van der Waals surface area (Å²) in [5, 5.41) is 0.774. The van der Waals surface area contributed by atoms with Crippen LogP contribution in [0.15, 0.2) is 54.6 Å². The van der Waals surface area contributed by atoms with Crippen LogP contribution in [0.4, 0.5) is 0 Å². The first-order valence-electron chi connectivity index (χ1n) is 7.44. The van der Waals surface area contributed by atoms with Crippen molar-refractivity contribution in [1.82, 2.24) is 4.90 Å². The highest BCUT2D eigenvalue weighted by Crippen LogP contribution is 2.23. The number of rotatable bonds is 4. The molecule has 2 nitrogen and oxygen atoms in total. The summed E-state index contributed by atoms with van der Waals surface area (Å²) in [6.07, 6.45) is 1.25. The Balaban J connectivity index is 1.57. The number of hydrogen-bond donors (Lipinski definition) is 0. The lowest BCUT2D eigenvalue weighted by atomic mass is 10.1. The van der Waals surface area contributed by atoms with E-state index >= 15 is 0 Å². The first-order chi connectivity index (χ1) is 10.3. The van der Waals surface area contributed by atoms with E-state index in [1.54, 1.807) is 0 Å². The van der Waals surface area contributed by atoms with Crippen LogP contribution >= 0.6 is 11.6 Å². The first kappa shape index (κ1) is 14.6. The van der Waals surface area contributed by atoms with Crippen LogP contribution in [0.25, 0.3) is 0 Å². The molecule has 110 valence electrons. The van der Waals surface area contributed by atoms with Crippen LogP contribution in [-0.2, 0) is 11.2 Å². The van der Waals surface area contributed by atoms with Gasteiger partial charge >= 0.3 is 0 Å². The van der Waals surface area contributed by atoms with Crippen molar-refractivity contribution < 1.29 is 4.74 Å². The highest BCUT2D eigenvalue weighted by atomic mass is 35.5. The lowest BCUT2D eigenvalue weighted by Crippen LogP contribution is -2.39. The zero-order chi connectivity index (χ0) is 14.5. The second kappa shape index (κ2) is 7.08. The first-order valence-corrected chi connectivity index (χ1v) is 7.82. The number of morpholine rings is 1. The van der Waals surface area contributed by atoms with E-state index in [0.29, 0.717) is 0 Å². The summed E-state index contributed by atoms with van der Waals surface area (Å²) in [4.78, 5) is 2.48. The van der Waals surface area contributed by atoms with E-state index in [4.69, 9.17) is 16.3 Å². The molecule has 0 radical (unpaired) electrons. The summed E-state index contributed by atoms with van der Waals surface area (Å²) in [5.74, 6) is 0. The molecular weight excluding hydrogens is 282 g/mol. The Morgan fingerprint density at radius 1 is 1.05 bits per heavy atom. The van der Waals surface area contributed by atoms with Crippen LogP contribution in [-0.4, -0.2) is 31.1 Å². The molecule has 3 heteroatoms. The minimum Gasteiger partial charge on any atom is -0.371 e. The third-order valence-electron chi connectivity index (χ3n) is 3.95. The topological polar surface area (TPSA) is 12.5 Å². The summed E-state index contributed by atoms with van der Waals surface area (Å²) in [5.41, 5.74) is 2.61. The summed E-state index contributed by atoms with van der Waals surface area (Å²) in [6, 6.07) is 18.6. The van der Waals surface area contributed by atoms with Gasteiger partial charge in [-0.3, -0.25) is 4.90 Å². The van der Waals surface area contributed by atoms with Gasteiger partial charge in [-0.15, -0.1) is 0 Å². The predicted molar refractivity (Wildman–Crippen MR) is 86.7 cm³/mol. The molecule has 2 aromatic carbocycles. The molecule has 1 fully saturated rings. The standard InChI is InChI=1S/C18H20ClNO/c19-17-8-6-16(7-9-17)18-14-20(12-13-21-18)11-10-15-4-2-1-3-5-15/h1-9,18H,10-14H2. The van der Waals surface area contributed by atoms with Gasteiger partial charge in [-0.2, -0.15) is 0 Å². The SMILES string of the molecule is Clc1ccc(C2CN(CCc3ccccc3)CCO2)cc1. The van der Waals surface area contributed by atoms with Crippen LogP contribution in [0.2, 0.25) is 5.02 Å². The van der Waals surface area contributed by atoms with Gasteiger partial charge in [0, 0.05) is 24.7 Å². The van der Waals surface area contributed by atoms with Crippen LogP contribution in [0, 0.1) is 0 Å². The number of halogens is 1. The highest BCUT2D eigenvalue weighted by molar-refractivity contribution is 6.30. The molecular formula is C18H20ClNO. The predicted octanol–water partition coefficient (Wildman–Crippen LogP) is 3.96. The summed E-state index contributed by atoms with van der Waals surface area (Å²) in [6.45, 7) is 3.84. The molecule has 1 saturated heterocycles. The highest BCUT2D eigenvalue weighted by Gasteiger charge is 2.21. The third-order valence-corrected chi connectivity index (χ3v) is 4.20. The Hall–Kier alpha value is -1.35. The van der Waals surface area contributed by atoms with Crippen LogP contribution in [0.1, 0.15) is 17.2 Å². The molecule has 1 aliphatic rings. The van der Waals surface area contributed by atoms with E-state index in [1.807, 2.05) is 12.1 Å². The molecule has 0 saturated carbocycles. The summed E-state index contributed by atoms with van der Waals surface area (Å²) >= 11 is 5.95. The van der Waals surface area contributed by atoms with Crippen LogP contribution in [0.5, 0.6) is 0 Å². The number of hydrogen-bond acceptors (Lipinski definition) is 2. The second-order valence-corrected chi connectivity index (χ2v) is 5.88. The molecule has 0 aliphatic carbocycles. The number of nitrogens with zero attached hydrogens (tertiary/aromatic N) is 1.